The molecule has 0 unspecified atom stereocenters. The average molecular weight is 382 g/mol. The van der Waals surface area contributed by atoms with E-state index in [0.29, 0.717) is 24.5 Å². The number of benzene rings is 2. The van der Waals surface area contributed by atoms with Crippen molar-refractivity contribution in [3.8, 4) is 0 Å². The molecule has 6 nitrogen and oxygen atoms in total. The lowest BCUT2D eigenvalue weighted by Gasteiger charge is -2.07. The molecular formula is C17H20ClN3O3S. The molecule has 8 heteroatoms. The molecule has 1 amide bonds. The van der Waals surface area contributed by atoms with Crippen molar-refractivity contribution in [3.63, 3.8) is 0 Å². The fourth-order valence-corrected chi connectivity index (χ4v) is 2.79. The molecule has 0 heterocycles. The SMILES string of the molecule is NS(=O)(=O)c1ccc(CCNCC(=O)NCc2ccc(Cl)cc2)cc1. The molecule has 4 N–H and O–H groups in total. The van der Waals surface area contributed by atoms with Crippen LogP contribution in [-0.2, 0) is 27.8 Å². The van der Waals surface area contributed by atoms with Gasteiger partial charge < -0.3 is 10.6 Å². The number of amides is 1. The summed E-state index contributed by atoms with van der Waals surface area (Å²) in [5, 5.41) is 11.6. The van der Waals surface area contributed by atoms with Crippen molar-refractivity contribution >= 4 is 27.5 Å². The zero-order valence-corrected chi connectivity index (χ0v) is 15.1. The molecule has 25 heavy (non-hydrogen) atoms. The van der Waals surface area contributed by atoms with E-state index in [1.807, 2.05) is 12.1 Å². The van der Waals surface area contributed by atoms with Crippen molar-refractivity contribution in [2.45, 2.75) is 17.9 Å². The molecule has 0 aliphatic carbocycles. The molecule has 0 bridgehead atoms. The van der Waals surface area contributed by atoms with Crippen LogP contribution in [0.15, 0.2) is 53.4 Å². The van der Waals surface area contributed by atoms with E-state index in [-0.39, 0.29) is 17.3 Å². The molecule has 0 aromatic heterocycles. The summed E-state index contributed by atoms with van der Waals surface area (Å²) in [4.78, 5) is 11.9. The van der Waals surface area contributed by atoms with E-state index < -0.39 is 10.0 Å². The lowest BCUT2D eigenvalue weighted by Crippen LogP contribution is -2.34. The summed E-state index contributed by atoms with van der Waals surface area (Å²) in [6.07, 6.45) is 0.676. The number of rotatable bonds is 8. The van der Waals surface area contributed by atoms with Crippen molar-refractivity contribution in [2.24, 2.45) is 5.14 Å². The highest BCUT2D eigenvalue weighted by molar-refractivity contribution is 7.89. The third-order valence-electron chi connectivity index (χ3n) is 3.53. The lowest BCUT2D eigenvalue weighted by molar-refractivity contribution is -0.120. The van der Waals surface area contributed by atoms with Gasteiger partial charge in [-0.3, -0.25) is 4.79 Å². The molecule has 0 saturated carbocycles. The fourth-order valence-electron chi connectivity index (χ4n) is 2.15. The minimum absolute atomic E-state index is 0.0887. The first-order valence-electron chi connectivity index (χ1n) is 7.68. The molecule has 0 atom stereocenters. The Bertz CT molecular complexity index is 806. The second-order valence-corrected chi connectivity index (χ2v) is 7.52. The van der Waals surface area contributed by atoms with Crippen LogP contribution < -0.4 is 15.8 Å². The zero-order valence-electron chi connectivity index (χ0n) is 13.5. The number of carbonyl (C=O) groups is 1. The summed E-state index contributed by atoms with van der Waals surface area (Å²) in [5.41, 5.74) is 1.94. The van der Waals surface area contributed by atoms with Crippen LogP contribution in [0.1, 0.15) is 11.1 Å². The van der Waals surface area contributed by atoms with Gasteiger partial charge in [0.15, 0.2) is 0 Å². The van der Waals surface area contributed by atoms with Crippen LogP contribution in [0.5, 0.6) is 0 Å². The van der Waals surface area contributed by atoms with Gasteiger partial charge in [-0.2, -0.15) is 0 Å². The quantitative estimate of drug-likeness (QED) is 0.602. The van der Waals surface area contributed by atoms with Crippen LogP contribution in [0.4, 0.5) is 0 Å². The molecule has 0 fully saturated rings. The van der Waals surface area contributed by atoms with Crippen LogP contribution in [0, 0.1) is 0 Å². The number of primary sulfonamides is 1. The molecule has 134 valence electrons. The van der Waals surface area contributed by atoms with Gasteiger partial charge in [-0.1, -0.05) is 35.9 Å². The monoisotopic (exact) mass is 381 g/mol. The maximum absolute atomic E-state index is 11.8. The Morgan fingerprint density at radius 3 is 2.20 bits per heavy atom. The second-order valence-electron chi connectivity index (χ2n) is 5.52. The molecule has 0 saturated heterocycles. The van der Waals surface area contributed by atoms with Gasteiger partial charge in [-0.25, -0.2) is 13.6 Å². The Morgan fingerprint density at radius 1 is 1.00 bits per heavy atom. The molecule has 0 radical (unpaired) electrons. The zero-order chi connectivity index (χ0) is 18.3. The normalized spacial score (nSPS) is 11.3. The second kappa shape index (κ2) is 8.96. The Labute approximate surface area is 152 Å². The number of hydrogen-bond donors (Lipinski definition) is 3. The van der Waals surface area contributed by atoms with Crippen LogP contribution in [0.2, 0.25) is 5.02 Å². The van der Waals surface area contributed by atoms with Crippen molar-refractivity contribution in [3.05, 3.63) is 64.7 Å². The first-order chi connectivity index (χ1) is 11.8. The Hall–Kier alpha value is -1.93. The minimum atomic E-state index is -3.66. The predicted molar refractivity (Wildman–Crippen MR) is 97.7 cm³/mol. The maximum Gasteiger partial charge on any atom is 0.238 e. The summed E-state index contributed by atoms with van der Waals surface area (Å²) in [7, 11) is -3.66. The van der Waals surface area contributed by atoms with Crippen molar-refractivity contribution < 1.29 is 13.2 Å². The fraction of sp³-hybridized carbons (Fsp3) is 0.235. The highest BCUT2D eigenvalue weighted by atomic mass is 35.5. The van der Waals surface area contributed by atoms with Gasteiger partial charge in [0.25, 0.3) is 0 Å². The van der Waals surface area contributed by atoms with E-state index in [0.717, 1.165) is 11.1 Å². The highest BCUT2D eigenvalue weighted by Gasteiger charge is 2.06. The van der Waals surface area contributed by atoms with E-state index in [1.165, 1.54) is 12.1 Å². The Kier molecular flexibility index (Phi) is 6.95. The number of carbonyl (C=O) groups excluding carboxylic acids is 1. The molecule has 0 spiro atoms. The topological polar surface area (TPSA) is 101 Å². The summed E-state index contributed by atoms with van der Waals surface area (Å²) in [6, 6.07) is 13.7. The lowest BCUT2D eigenvalue weighted by atomic mass is 10.1. The smallest absolute Gasteiger partial charge is 0.238 e. The van der Waals surface area contributed by atoms with Gasteiger partial charge in [0.05, 0.1) is 11.4 Å². The number of sulfonamides is 1. The molecular weight excluding hydrogens is 362 g/mol. The van der Waals surface area contributed by atoms with Crippen molar-refractivity contribution in [2.75, 3.05) is 13.1 Å². The first-order valence-corrected chi connectivity index (χ1v) is 9.60. The molecule has 0 aliphatic rings. The molecule has 2 aromatic rings. The first kappa shape index (κ1) is 19.4. The van der Waals surface area contributed by atoms with Gasteiger partial charge in [-0.15, -0.1) is 0 Å². The molecule has 0 aliphatic heterocycles. The van der Waals surface area contributed by atoms with Gasteiger partial charge in [-0.05, 0) is 48.4 Å². The summed E-state index contributed by atoms with van der Waals surface area (Å²) in [6.45, 7) is 1.26. The van der Waals surface area contributed by atoms with Crippen LogP contribution in [-0.4, -0.2) is 27.4 Å². The minimum Gasteiger partial charge on any atom is -0.351 e. The van der Waals surface area contributed by atoms with Crippen LogP contribution in [0.3, 0.4) is 0 Å². The Morgan fingerprint density at radius 2 is 1.60 bits per heavy atom. The van der Waals surface area contributed by atoms with Crippen molar-refractivity contribution in [1.29, 1.82) is 0 Å². The number of nitrogens with two attached hydrogens (primary N) is 1. The van der Waals surface area contributed by atoms with Crippen LogP contribution in [0.25, 0.3) is 0 Å². The predicted octanol–water partition coefficient (Wildman–Crippen LogP) is 1.44. The average Bonchev–Trinajstić information content (AvgIpc) is 2.58. The Balaban J connectivity index is 1.66. The maximum atomic E-state index is 11.8. The van der Waals surface area contributed by atoms with Gasteiger partial charge in [0, 0.05) is 11.6 Å². The standard InChI is InChI=1S/C17H20ClN3O3S/c18-15-5-1-14(2-6-15)11-21-17(22)12-20-10-9-13-3-7-16(8-4-13)25(19,23)24/h1-8,20H,9-12H2,(H,21,22)(H2,19,23,24). The number of hydrogen-bond acceptors (Lipinski definition) is 4. The van der Waals surface area contributed by atoms with E-state index in [4.69, 9.17) is 16.7 Å². The number of nitrogens with one attached hydrogen (secondary N) is 2. The third kappa shape index (κ3) is 6.83. The summed E-state index contributed by atoms with van der Waals surface area (Å²) >= 11 is 5.81. The van der Waals surface area contributed by atoms with E-state index >= 15 is 0 Å². The molecule has 2 rings (SSSR count). The van der Waals surface area contributed by atoms with E-state index in [1.54, 1.807) is 24.3 Å². The molecule has 2 aromatic carbocycles. The summed E-state index contributed by atoms with van der Waals surface area (Å²) < 4.78 is 22.3. The van der Waals surface area contributed by atoms with E-state index in [9.17, 15) is 13.2 Å². The largest absolute Gasteiger partial charge is 0.351 e. The summed E-state index contributed by atoms with van der Waals surface area (Å²) in [5.74, 6) is -0.0977. The van der Waals surface area contributed by atoms with Gasteiger partial charge >= 0.3 is 0 Å². The van der Waals surface area contributed by atoms with Gasteiger partial charge in [0.1, 0.15) is 0 Å². The highest BCUT2D eigenvalue weighted by Crippen LogP contribution is 2.09. The van der Waals surface area contributed by atoms with Crippen LogP contribution >= 0.6 is 11.6 Å². The van der Waals surface area contributed by atoms with Gasteiger partial charge in [0.2, 0.25) is 15.9 Å². The van der Waals surface area contributed by atoms with E-state index in [2.05, 4.69) is 10.6 Å². The van der Waals surface area contributed by atoms with Crippen molar-refractivity contribution in [1.82, 2.24) is 10.6 Å². The number of halogens is 1. The third-order valence-corrected chi connectivity index (χ3v) is 4.71.